The van der Waals surface area contributed by atoms with E-state index in [1.807, 2.05) is 42.5 Å². The van der Waals surface area contributed by atoms with Gasteiger partial charge in [-0.1, -0.05) is 49.6 Å². The summed E-state index contributed by atoms with van der Waals surface area (Å²) < 4.78 is 0. The summed E-state index contributed by atoms with van der Waals surface area (Å²) >= 11 is 0. The SMILES string of the molecule is CN(Cc1ccccc1NC(=O)CCc1nc2ccccc2[nH]1)C1CCCCC1. The van der Waals surface area contributed by atoms with Gasteiger partial charge in [0.2, 0.25) is 5.91 Å². The summed E-state index contributed by atoms with van der Waals surface area (Å²) in [5, 5.41) is 3.12. The van der Waals surface area contributed by atoms with E-state index in [2.05, 4.69) is 33.3 Å². The Hall–Kier alpha value is -2.66. The largest absolute Gasteiger partial charge is 0.342 e. The molecule has 5 nitrogen and oxygen atoms in total. The molecule has 0 spiro atoms. The van der Waals surface area contributed by atoms with E-state index < -0.39 is 0 Å². The van der Waals surface area contributed by atoms with Crippen LogP contribution in [0.15, 0.2) is 48.5 Å². The van der Waals surface area contributed by atoms with Crippen LogP contribution in [-0.4, -0.2) is 33.9 Å². The highest BCUT2D eigenvalue weighted by atomic mass is 16.1. The average molecular weight is 391 g/mol. The molecule has 0 unspecified atom stereocenters. The van der Waals surface area contributed by atoms with Gasteiger partial charge in [-0.15, -0.1) is 0 Å². The van der Waals surface area contributed by atoms with Gasteiger partial charge in [0.25, 0.3) is 0 Å². The lowest BCUT2D eigenvalue weighted by Crippen LogP contribution is -2.33. The van der Waals surface area contributed by atoms with Crippen LogP contribution in [0.3, 0.4) is 0 Å². The van der Waals surface area contributed by atoms with E-state index >= 15 is 0 Å². The number of imidazole rings is 1. The number of amides is 1. The fraction of sp³-hybridized carbons (Fsp3) is 0.417. The standard InChI is InChI=1S/C24H30N4O/c1-28(19-10-3-2-4-11-19)17-18-9-5-6-12-20(18)27-24(29)16-15-23-25-21-13-7-8-14-22(21)26-23/h5-9,12-14,19H,2-4,10-11,15-17H2,1H3,(H,25,26)(H,27,29). The highest BCUT2D eigenvalue weighted by Crippen LogP contribution is 2.25. The molecular weight excluding hydrogens is 360 g/mol. The van der Waals surface area contributed by atoms with Gasteiger partial charge in [-0.3, -0.25) is 9.69 Å². The van der Waals surface area contributed by atoms with E-state index in [0.717, 1.165) is 29.1 Å². The number of carbonyl (C=O) groups is 1. The Morgan fingerprint density at radius 1 is 1.10 bits per heavy atom. The molecule has 152 valence electrons. The van der Waals surface area contributed by atoms with Crippen LogP contribution in [0.4, 0.5) is 5.69 Å². The maximum absolute atomic E-state index is 12.6. The molecule has 29 heavy (non-hydrogen) atoms. The van der Waals surface area contributed by atoms with Crippen LogP contribution in [0.5, 0.6) is 0 Å². The maximum atomic E-state index is 12.6. The summed E-state index contributed by atoms with van der Waals surface area (Å²) in [5.74, 6) is 0.880. The van der Waals surface area contributed by atoms with E-state index in [-0.39, 0.29) is 5.91 Å². The van der Waals surface area contributed by atoms with Gasteiger partial charge in [0, 0.05) is 31.1 Å². The van der Waals surface area contributed by atoms with E-state index in [1.54, 1.807) is 0 Å². The third kappa shape index (κ3) is 5.04. The Morgan fingerprint density at radius 3 is 2.69 bits per heavy atom. The fourth-order valence-corrected chi connectivity index (χ4v) is 4.27. The smallest absolute Gasteiger partial charge is 0.224 e. The zero-order valence-electron chi connectivity index (χ0n) is 17.2. The second-order valence-electron chi connectivity index (χ2n) is 8.11. The van der Waals surface area contributed by atoms with Gasteiger partial charge in [-0.05, 0) is 43.7 Å². The first-order valence-corrected chi connectivity index (χ1v) is 10.7. The van der Waals surface area contributed by atoms with Crippen molar-refractivity contribution in [1.82, 2.24) is 14.9 Å². The van der Waals surface area contributed by atoms with Crippen LogP contribution in [0, 0.1) is 0 Å². The number of H-pyrrole nitrogens is 1. The minimum atomic E-state index is 0.0261. The van der Waals surface area contributed by atoms with E-state index in [1.165, 1.54) is 37.7 Å². The summed E-state index contributed by atoms with van der Waals surface area (Å²) in [6, 6.07) is 16.8. The number of nitrogens with one attached hydrogen (secondary N) is 2. The monoisotopic (exact) mass is 390 g/mol. The number of fused-ring (bicyclic) bond motifs is 1. The molecule has 0 aliphatic heterocycles. The summed E-state index contributed by atoms with van der Waals surface area (Å²) in [6.45, 7) is 0.866. The zero-order valence-corrected chi connectivity index (χ0v) is 17.2. The van der Waals surface area contributed by atoms with Gasteiger partial charge in [0.15, 0.2) is 0 Å². The predicted molar refractivity (Wildman–Crippen MR) is 118 cm³/mol. The molecule has 2 aromatic carbocycles. The van der Waals surface area contributed by atoms with Crippen LogP contribution in [-0.2, 0) is 17.8 Å². The molecule has 2 N–H and O–H groups in total. The third-order valence-electron chi connectivity index (χ3n) is 5.94. The molecule has 1 aliphatic carbocycles. The number of aromatic nitrogens is 2. The van der Waals surface area contributed by atoms with Crippen molar-refractivity contribution in [3.63, 3.8) is 0 Å². The minimum Gasteiger partial charge on any atom is -0.342 e. The molecule has 3 aromatic rings. The summed E-state index contributed by atoms with van der Waals surface area (Å²) in [7, 11) is 2.20. The zero-order chi connectivity index (χ0) is 20.1. The van der Waals surface area contributed by atoms with Crippen LogP contribution < -0.4 is 5.32 Å². The lowest BCUT2D eigenvalue weighted by molar-refractivity contribution is -0.116. The van der Waals surface area contributed by atoms with Crippen molar-refractivity contribution >= 4 is 22.6 Å². The van der Waals surface area contributed by atoms with Gasteiger partial charge in [-0.2, -0.15) is 0 Å². The summed E-state index contributed by atoms with van der Waals surface area (Å²) in [5.41, 5.74) is 4.06. The highest BCUT2D eigenvalue weighted by molar-refractivity contribution is 5.91. The van der Waals surface area contributed by atoms with Crippen LogP contribution in [0.2, 0.25) is 0 Å². The molecule has 5 heteroatoms. The van der Waals surface area contributed by atoms with Crippen molar-refractivity contribution in [2.24, 2.45) is 0 Å². The molecule has 1 aliphatic rings. The number of aromatic amines is 1. The predicted octanol–water partition coefficient (Wildman–Crippen LogP) is 4.90. The van der Waals surface area contributed by atoms with Crippen LogP contribution in [0.1, 0.15) is 49.9 Å². The number of para-hydroxylation sites is 3. The molecule has 4 rings (SSSR count). The highest BCUT2D eigenvalue weighted by Gasteiger charge is 2.19. The van der Waals surface area contributed by atoms with Crippen molar-refractivity contribution in [3.05, 3.63) is 59.9 Å². The van der Waals surface area contributed by atoms with Crippen molar-refractivity contribution in [3.8, 4) is 0 Å². The molecule has 1 fully saturated rings. The average Bonchev–Trinajstić information content (AvgIpc) is 3.17. The number of carbonyl (C=O) groups excluding carboxylic acids is 1. The number of anilines is 1. The molecule has 0 saturated heterocycles. The molecule has 0 bridgehead atoms. The normalized spacial score (nSPS) is 15.1. The Morgan fingerprint density at radius 2 is 1.86 bits per heavy atom. The summed E-state index contributed by atoms with van der Waals surface area (Å²) in [4.78, 5) is 22.9. The summed E-state index contributed by atoms with van der Waals surface area (Å²) in [6.07, 6.45) is 7.59. The maximum Gasteiger partial charge on any atom is 0.224 e. The van der Waals surface area contributed by atoms with Crippen molar-refractivity contribution < 1.29 is 4.79 Å². The van der Waals surface area contributed by atoms with Gasteiger partial charge >= 0.3 is 0 Å². The first-order valence-electron chi connectivity index (χ1n) is 10.7. The lowest BCUT2D eigenvalue weighted by atomic mass is 9.94. The van der Waals surface area contributed by atoms with Gasteiger partial charge in [0.05, 0.1) is 11.0 Å². The first kappa shape index (κ1) is 19.6. The van der Waals surface area contributed by atoms with Gasteiger partial charge in [-0.25, -0.2) is 4.98 Å². The Balaban J connectivity index is 1.35. The number of rotatable bonds is 7. The Bertz CT molecular complexity index is 925. The quantitative estimate of drug-likeness (QED) is 0.603. The molecular formula is C24H30N4O. The molecule has 1 amide bonds. The van der Waals surface area contributed by atoms with Crippen molar-refractivity contribution in [2.45, 2.75) is 57.5 Å². The Labute approximate surface area is 172 Å². The van der Waals surface area contributed by atoms with Crippen molar-refractivity contribution in [1.29, 1.82) is 0 Å². The van der Waals surface area contributed by atoms with Crippen LogP contribution in [0.25, 0.3) is 11.0 Å². The van der Waals surface area contributed by atoms with Crippen LogP contribution >= 0.6 is 0 Å². The van der Waals surface area contributed by atoms with E-state index in [4.69, 9.17) is 0 Å². The van der Waals surface area contributed by atoms with Gasteiger partial charge < -0.3 is 10.3 Å². The number of hydrogen-bond acceptors (Lipinski definition) is 3. The lowest BCUT2D eigenvalue weighted by Gasteiger charge is -2.31. The minimum absolute atomic E-state index is 0.0261. The van der Waals surface area contributed by atoms with E-state index in [9.17, 15) is 4.79 Å². The number of aryl methyl sites for hydroxylation is 1. The second-order valence-corrected chi connectivity index (χ2v) is 8.11. The number of nitrogens with zero attached hydrogens (tertiary/aromatic N) is 2. The third-order valence-corrected chi connectivity index (χ3v) is 5.94. The first-order chi connectivity index (χ1) is 14.2. The molecule has 0 radical (unpaired) electrons. The topological polar surface area (TPSA) is 61.0 Å². The Kier molecular flexibility index (Phi) is 6.25. The molecule has 0 atom stereocenters. The molecule has 1 saturated carbocycles. The number of benzene rings is 2. The molecule has 1 aromatic heterocycles. The molecule has 1 heterocycles. The van der Waals surface area contributed by atoms with E-state index in [0.29, 0.717) is 18.9 Å². The van der Waals surface area contributed by atoms with Gasteiger partial charge in [0.1, 0.15) is 5.82 Å². The fourth-order valence-electron chi connectivity index (χ4n) is 4.27. The number of hydrogen-bond donors (Lipinski definition) is 2. The second kappa shape index (κ2) is 9.23. The van der Waals surface area contributed by atoms with Crippen molar-refractivity contribution in [2.75, 3.05) is 12.4 Å².